The van der Waals surface area contributed by atoms with Crippen molar-refractivity contribution < 1.29 is 9.47 Å². The summed E-state index contributed by atoms with van der Waals surface area (Å²) in [5, 5.41) is 1.25. The molecule has 1 heterocycles. The van der Waals surface area contributed by atoms with Crippen LogP contribution in [0.2, 0.25) is 0 Å². The van der Waals surface area contributed by atoms with Gasteiger partial charge in [-0.05, 0) is 23.7 Å². The Morgan fingerprint density at radius 3 is 3.07 bits per heavy atom. The second-order valence-electron chi connectivity index (χ2n) is 3.88. The van der Waals surface area contributed by atoms with Crippen LogP contribution in [0.3, 0.4) is 0 Å². The van der Waals surface area contributed by atoms with Gasteiger partial charge in [-0.15, -0.1) is 9.24 Å². The van der Waals surface area contributed by atoms with Crippen molar-refractivity contribution >= 4 is 14.5 Å². The van der Waals surface area contributed by atoms with Crippen molar-refractivity contribution in [2.24, 2.45) is 0 Å². The molecule has 0 bridgehead atoms. The maximum Gasteiger partial charge on any atom is 0.104 e. The van der Waals surface area contributed by atoms with E-state index in [1.807, 2.05) is 0 Å². The molecule has 2 atom stereocenters. The van der Waals surface area contributed by atoms with Gasteiger partial charge in [0, 0.05) is 6.61 Å². The summed E-state index contributed by atoms with van der Waals surface area (Å²) < 4.78 is 10.5. The Morgan fingerprint density at radius 2 is 2.33 bits per heavy atom. The first kappa shape index (κ1) is 11.1. The van der Waals surface area contributed by atoms with Gasteiger partial charge in [0.05, 0.1) is 13.2 Å². The number of epoxide rings is 1. The minimum Gasteiger partial charge on any atom is -0.379 e. The predicted octanol–water partition coefficient (Wildman–Crippen LogP) is 1.53. The molecule has 1 saturated heterocycles. The molecule has 82 valence electrons. The van der Waals surface area contributed by atoms with E-state index >= 15 is 0 Å². The number of aryl methyl sites for hydroxylation is 1. The molecule has 0 saturated carbocycles. The van der Waals surface area contributed by atoms with Crippen molar-refractivity contribution in [2.45, 2.75) is 18.9 Å². The van der Waals surface area contributed by atoms with Crippen LogP contribution in [-0.4, -0.2) is 25.9 Å². The van der Waals surface area contributed by atoms with Crippen LogP contribution in [0.4, 0.5) is 0 Å². The Balaban J connectivity index is 1.60. The lowest BCUT2D eigenvalue weighted by molar-refractivity contribution is 0.114. The predicted molar refractivity (Wildman–Crippen MR) is 64.7 cm³/mol. The molecule has 0 aromatic heterocycles. The highest BCUT2D eigenvalue weighted by atomic mass is 31.0. The van der Waals surface area contributed by atoms with Crippen molar-refractivity contribution in [3.63, 3.8) is 0 Å². The Labute approximate surface area is 93.2 Å². The average Bonchev–Trinajstić information content (AvgIpc) is 3.01. The molecule has 1 fully saturated rings. The third kappa shape index (κ3) is 4.29. The van der Waals surface area contributed by atoms with E-state index in [4.69, 9.17) is 9.47 Å². The molecule has 1 aliphatic heterocycles. The van der Waals surface area contributed by atoms with E-state index in [0.717, 1.165) is 32.7 Å². The van der Waals surface area contributed by atoms with Crippen molar-refractivity contribution in [1.29, 1.82) is 0 Å². The van der Waals surface area contributed by atoms with Crippen LogP contribution in [0.1, 0.15) is 12.0 Å². The summed E-state index contributed by atoms with van der Waals surface area (Å²) in [5.41, 5.74) is 1.38. The highest BCUT2D eigenvalue weighted by Gasteiger charge is 2.21. The average molecular weight is 224 g/mol. The van der Waals surface area contributed by atoms with Gasteiger partial charge in [0.1, 0.15) is 6.10 Å². The molecule has 1 aromatic carbocycles. The zero-order valence-electron chi connectivity index (χ0n) is 8.82. The van der Waals surface area contributed by atoms with E-state index in [1.54, 1.807) is 0 Å². The van der Waals surface area contributed by atoms with Crippen LogP contribution in [0.25, 0.3) is 0 Å². The van der Waals surface area contributed by atoms with Crippen LogP contribution in [0.15, 0.2) is 24.3 Å². The first-order chi connectivity index (χ1) is 7.34. The van der Waals surface area contributed by atoms with Gasteiger partial charge in [-0.2, -0.15) is 0 Å². The Morgan fingerprint density at radius 1 is 1.47 bits per heavy atom. The van der Waals surface area contributed by atoms with E-state index in [9.17, 15) is 0 Å². The number of benzene rings is 1. The van der Waals surface area contributed by atoms with E-state index in [-0.39, 0.29) is 0 Å². The summed E-state index contributed by atoms with van der Waals surface area (Å²) in [4.78, 5) is 0. The summed E-state index contributed by atoms with van der Waals surface area (Å²) in [7, 11) is 2.72. The van der Waals surface area contributed by atoms with Gasteiger partial charge in [0.2, 0.25) is 0 Å². The second-order valence-corrected chi connectivity index (χ2v) is 4.55. The van der Waals surface area contributed by atoms with Crippen LogP contribution >= 0.6 is 9.24 Å². The molecule has 2 unspecified atom stereocenters. The van der Waals surface area contributed by atoms with E-state index in [1.165, 1.54) is 10.9 Å². The van der Waals surface area contributed by atoms with Crippen molar-refractivity contribution in [3.05, 3.63) is 29.8 Å². The topological polar surface area (TPSA) is 21.8 Å². The highest BCUT2D eigenvalue weighted by molar-refractivity contribution is 7.27. The number of rotatable bonds is 6. The van der Waals surface area contributed by atoms with E-state index < -0.39 is 0 Å². The quantitative estimate of drug-likeness (QED) is 0.415. The van der Waals surface area contributed by atoms with Gasteiger partial charge in [-0.25, -0.2) is 0 Å². The first-order valence-corrected chi connectivity index (χ1v) is 5.96. The fourth-order valence-corrected chi connectivity index (χ4v) is 1.83. The SMILES string of the molecule is Pc1cccc(CCCOCC2CO2)c1. The smallest absolute Gasteiger partial charge is 0.104 e. The fourth-order valence-electron chi connectivity index (χ4n) is 1.51. The van der Waals surface area contributed by atoms with E-state index in [0.29, 0.717) is 6.10 Å². The molecule has 0 amide bonds. The molecule has 1 aliphatic rings. The standard InChI is InChI=1S/C12H17O2P/c15-12-5-1-3-10(7-12)4-2-6-13-8-11-9-14-11/h1,3,5,7,11H,2,4,6,8-9,15H2. The van der Waals surface area contributed by atoms with Crippen LogP contribution in [0, 0.1) is 0 Å². The largest absolute Gasteiger partial charge is 0.379 e. The van der Waals surface area contributed by atoms with Gasteiger partial charge < -0.3 is 9.47 Å². The summed E-state index contributed by atoms with van der Waals surface area (Å²) in [6.45, 7) is 2.49. The van der Waals surface area contributed by atoms with Crippen molar-refractivity contribution in [2.75, 3.05) is 19.8 Å². The van der Waals surface area contributed by atoms with Gasteiger partial charge >= 0.3 is 0 Å². The Hall–Kier alpha value is -0.430. The molecule has 3 heteroatoms. The lowest BCUT2D eigenvalue weighted by Gasteiger charge is -2.03. The molecule has 0 N–H and O–H groups in total. The van der Waals surface area contributed by atoms with Crippen LogP contribution in [-0.2, 0) is 15.9 Å². The van der Waals surface area contributed by atoms with E-state index in [2.05, 4.69) is 33.5 Å². The molecular formula is C12H17O2P. The molecule has 15 heavy (non-hydrogen) atoms. The molecule has 1 aromatic rings. The van der Waals surface area contributed by atoms with Crippen molar-refractivity contribution in [3.8, 4) is 0 Å². The molecule has 0 radical (unpaired) electrons. The lowest BCUT2D eigenvalue weighted by atomic mass is 10.1. The molecule has 0 aliphatic carbocycles. The molecule has 2 rings (SSSR count). The van der Waals surface area contributed by atoms with Gasteiger partial charge in [-0.1, -0.05) is 24.3 Å². The first-order valence-electron chi connectivity index (χ1n) is 5.38. The van der Waals surface area contributed by atoms with Gasteiger partial charge in [0.15, 0.2) is 0 Å². The number of ether oxygens (including phenoxy) is 2. The Kier molecular flexibility index (Phi) is 4.13. The Bertz CT molecular complexity index is 310. The van der Waals surface area contributed by atoms with Gasteiger partial charge in [0.25, 0.3) is 0 Å². The second kappa shape index (κ2) is 5.60. The zero-order chi connectivity index (χ0) is 10.5. The third-order valence-corrected chi connectivity index (χ3v) is 2.77. The number of hydrogen-bond donors (Lipinski definition) is 0. The summed E-state index contributed by atoms with van der Waals surface area (Å²) >= 11 is 0. The number of hydrogen-bond acceptors (Lipinski definition) is 2. The highest BCUT2D eigenvalue weighted by Crippen LogP contribution is 2.09. The summed E-state index contributed by atoms with van der Waals surface area (Å²) in [6.07, 6.45) is 2.56. The summed E-state index contributed by atoms with van der Waals surface area (Å²) in [5.74, 6) is 0. The maximum atomic E-state index is 5.48. The zero-order valence-corrected chi connectivity index (χ0v) is 9.97. The van der Waals surface area contributed by atoms with Gasteiger partial charge in [-0.3, -0.25) is 0 Å². The normalized spacial score (nSPS) is 19.1. The maximum absolute atomic E-state index is 5.48. The van der Waals surface area contributed by atoms with Crippen LogP contribution in [0.5, 0.6) is 0 Å². The van der Waals surface area contributed by atoms with Crippen LogP contribution < -0.4 is 5.30 Å². The third-order valence-electron chi connectivity index (χ3n) is 2.41. The molecule has 0 spiro atoms. The lowest BCUT2D eigenvalue weighted by Crippen LogP contribution is -2.04. The van der Waals surface area contributed by atoms with Crippen molar-refractivity contribution in [1.82, 2.24) is 0 Å². The summed E-state index contributed by atoms with van der Waals surface area (Å²) in [6, 6.07) is 8.55. The minimum absolute atomic E-state index is 0.389. The molecular weight excluding hydrogens is 207 g/mol. The fraction of sp³-hybridized carbons (Fsp3) is 0.500. The minimum atomic E-state index is 0.389. The monoisotopic (exact) mass is 224 g/mol. The molecule has 2 nitrogen and oxygen atoms in total.